The van der Waals surface area contributed by atoms with Gasteiger partial charge in [0, 0.05) is 6.92 Å². The Bertz CT molecular complexity index is 113. The monoisotopic (exact) mass is 131 g/mol. The zero-order valence-corrected chi connectivity index (χ0v) is 5.38. The van der Waals surface area contributed by atoms with Crippen LogP contribution in [0.4, 0.5) is 0 Å². The number of nitrogens with one attached hydrogen (secondary N) is 1. The first-order chi connectivity index (χ1) is 4.16. The molecule has 0 saturated carbocycles. The zero-order valence-electron chi connectivity index (χ0n) is 5.38. The van der Waals surface area contributed by atoms with Crippen LogP contribution in [0.15, 0.2) is 0 Å². The molecule has 0 aliphatic heterocycles. The van der Waals surface area contributed by atoms with E-state index in [2.05, 4.69) is 10.1 Å². The van der Waals surface area contributed by atoms with Gasteiger partial charge in [0.25, 0.3) is 0 Å². The molecule has 0 rings (SSSR count). The Balaban J connectivity index is 3.37. The van der Waals surface area contributed by atoms with Gasteiger partial charge >= 0.3 is 5.97 Å². The molecule has 1 amide bonds. The molecular weight excluding hydrogens is 122 g/mol. The lowest BCUT2D eigenvalue weighted by Crippen LogP contribution is -2.28. The van der Waals surface area contributed by atoms with E-state index in [1.807, 2.05) is 0 Å². The van der Waals surface area contributed by atoms with Crippen molar-refractivity contribution < 1.29 is 14.3 Å². The maximum atomic E-state index is 10.2. The molecular formula is C5H9NO3. The summed E-state index contributed by atoms with van der Waals surface area (Å²) in [5.74, 6) is -0.406. The van der Waals surface area contributed by atoms with Gasteiger partial charge in [-0.2, -0.15) is 0 Å². The Morgan fingerprint density at radius 2 is 2.33 bits per heavy atom. The predicted octanol–water partition coefficient (Wildman–Crippen LogP) is -0.358. The molecule has 0 radical (unpaired) electrons. The highest BCUT2D eigenvalue weighted by molar-refractivity contribution is 5.66. The number of hydrogen-bond donors (Lipinski definition) is 1. The summed E-state index contributed by atoms with van der Waals surface area (Å²) in [6.45, 7) is 2.85. The maximum absolute atomic E-state index is 10.2. The summed E-state index contributed by atoms with van der Waals surface area (Å²) >= 11 is 0. The molecule has 1 unspecified atom stereocenters. The van der Waals surface area contributed by atoms with Crippen molar-refractivity contribution in [2.45, 2.75) is 20.1 Å². The number of rotatable bonds is 3. The van der Waals surface area contributed by atoms with Crippen LogP contribution in [-0.4, -0.2) is 18.6 Å². The van der Waals surface area contributed by atoms with Crippen molar-refractivity contribution >= 4 is 12.4 Å². The van der Waals surface area contributed by atoms with E-state index in [4.69, 9.17) is 0 Å². The highest BCUT2D eigenvalue weighted by Crippen LogP contribution is 1.82. The van der Waals surface area contributed by atoms with E-state index in [-0.39, 0.29) is 0 Å². The van der Waals surface area contributed by atoms with E-state index in [0.717, 1.165) is 0 Å². The van der Waals surface area contributed by atoms with Gasteiger partial charge in [-0.25, -0.2) is 0 Å². The molecule has 0 aliphatic rings. The molecule has 0 fully saturated rings. The van der Waals surface area contributed by atoms with Crippen molar-refractivity contribution in [2.24, 2.45) is 0 Å². The quantitative estimate of drug-likeness (QED) is 0.323. The van der Waals surface area contributed by atoms with Gasteiger partial charge in [0.15, 0.2) is 6.23 Å². The van der Waals surface area contributed by atoms with Gasteiger partial charge in [-0.15, -0.1) is 0 Å². The van der Waals surface area contributed by atoms with Gasteiger partial charge in [-0.1, -0.05) is 0 Å². The molecule has 1 N–H and O–H groups in total. The maximum Gasteiger partial charge on any atom is 0.304 e. The van der Waals surface area contributed by atoms with Crippen LogP contribution in [-0.2, 0) is 14.3 Å². The molecule has 0 heterocycles. The molecule has 0 aliphatic carbocycles. The third-order valence-electron chi connectivity index (χ3n) is 0.645. The van der Waals surface area contributed by atoms with Gasteiger partial charge in [-0.05, 0) is 6.92 Å². The summed E-state index contributed by atoms with van der Waals surface area (Å²) < 4.78 is 4.51. The fourth-order valence-electron chi connectivity index (χ4n) is 0.379. The smallest absolute Gasteiger partial charge is 0.304 e. The molecule has 0 saturated heterocycles. The summed E-state index contributed by atoms with van der Waals surface area (Å²) in [7, 11) is 0. The summed E-state index contributed by atoms with van der Waals surface area (Å²) in [6.07, 6.45) is -0.0480. The van der Waals surface area contributed by atoms with E-state index < -0.39 is 12.2 Å². The Labute approximate surface area is 53.2 Å². The van der Waals surface area contributed by atoms with E-state index in [0.29, 0.717) is 6.41 Å². The molecule has 9 heavy (non-hydrogen) atoms. The van der Waals surface area contributed by atoms with Crippen molar-refractivity contribution in [1.29, 1.82) is 0 Å². The molecule has 0 aromatic heterocycles. The molecule has 4 heteroatoms. The Morgan fingerprint density at radius 1 is 1.78 bits per heavy atom. The molecule has 0 bridgehead atoms. The van der Waals surface area contributed by atoms with Crippen LogP contribution < -0.4 is 5.32 Å². The van der Waals surface area contributed by atoms with Gasteiger partial charge < -0.3 is 10.1 Å². The highest BCUT2D eigenvalue weighted by Gasteiger charge is 2.00. The van der Waals surface area contributed by atoms with Crippen molar-refractivity contribution in [3.8, 4) is 0 Å². The lowest BCUT2D eigenvalue weighted by Gasteiger charge is -2.08. The Hall–Kier alpha value is -1.06. The summed E-state index contributed by atoms with van der Waals surface area (Å²) in [5.41, 5.74) is 0. The third kappa shape index (κ3) is 4.80. The van der Waals surface area contributed by atoms with E-state index in [9.17, 15) is 9.59 Å². The lowest BCUT2D eigenvalue weighted by molar-refractivity contribution is -0.147. The number of esters is 1. The number of carbonyl (C=O) groups is 2. The lowest BCUT2D eigenvalue weighted by atomic mass is 10.6. The average molecular weight is 131 g/mol. The first-order valence-corrected chi connectivity index (χ1v) is 2.53. The minimum Gasteiger partial charge on any atom is -0.442 e. The Kier molecular flexibility index (Phi) is 3.43. The number of ether oxygens (including phenoxy) is 1. The van der Waals surface area contributed by atoms with Gasteiger partial charge in [0.2, 0.25) is 6.41 Å². The third-order valence-corrected chi connectivity index (χ3v) is 0.645. The molecule has 1 atom stereocenters. The molecule has 0 spiro atoms. The number of carbonyl (C=O) groups excluding carboxylic acids is 2. The topological polar surface area (TPSA) is 55.4 Å². The largest absolute Gasteiger partial charge is 0.442 e. The van der Waals surface area contributed by atoms with Gasteiger partial charge in [-0.3, -0.25) is 9.59 Å². The molecule has 0 aromatic rings. The van der Waals surface area contributed by atoms with Crippen LogP contribution >= 0.6 is 0 Å². The van der Waals surface area contributed by atoms with Crippen molar-refractivity contribution in [3.05, 3.63) is 0 Å². The number of hydrogen-bond acceptors (Lipinski definition) is 3. The zero-order chi connectivity index (χ0) is 7.28. The fraction of sp³-hybridized carbons (Fsp3) is 0.600. The van der Waals surface area contributed by atoms with Gasteiger partial charge in [0.1, 0.15) is 0 Å². The first-order valence-electron chi connectivity index (χ1n) is 2.53. The summed E-state index contributed by atoms with van der Waals surface area (Å²) in [6, 6.07) is 0. The molecule has 52 valence electrons. The second-order valence-corrected chi connectivity index (χ2v) is 1.54. The highest BCUT2D eigenvalue weighted by atomic mass is 16.6. The summed E-state index contributed by atoms with van der Waals surface area (Å²) in [5, 5.41) is 2.25. The van der Waals surface area contributed by atoms with E-state index >= 15 is 0 Å². The van der Waals surface area contributed by atoms with Crippen molar-refractivity contribution in [3.63, 3.8) is 0 Å². The molecule has 0 aromatic carbocycles. The first kappa shape index (κ1) is 7.94. The van der Waals surface area contributed by atoms with Crippen LogP contribution in [0.5, 0.6) is 0 Å². The fourth-order valence-corrected chi connectivity index (χ4v) is 0.379. The van der Waals surface area contributed by atoms with Crippen LogP contribution in [0.3, 0.4) is 0 Å². The SMILES string of the molecule is CC(=O)OC(C)NC=O. The average Bonchev–Trinajstić information content (AvgIpc) is 1.63. The standard InChI is InChI=1S/C5H9NO3/c1-4(6-3-7)9-5(2)8/h3-4H,1-2H3,(H,6,7). The minimum absolute atomic E-state index is 0.406. The summed E-state index contributed by atoms with van der Waals surface area (Å²) in [4.78, 5) is 19.8. The van der Waals surface area contributed by atoms with Gasteiger partial charge in [0.05, 0.1) is 0 Å². The normalized spacial score (nSPS) is 11.8. The Morgan fingerprint density at radius 3 is 2.67 bits per heavy atom. The molecule has 4 nitrogen and oxygen atoms in total. The van der Waals surface area contributed by atoms with Crippen LogP contribution in [0.25, 0.3) is 0 Å². The minimum atomic E-state index is -0.528. The van der Waals surface area contributed by atoms with Crippen LogP contribution in [0.2, 0.25) is 0 Å². The van der Waals surface area contributed by atoms with Crippen LogP contribution in [0, 0.1) is 0 Å². The second kappa shape index (κ2) is 3.88. The van der Waals surface area contributed by atoms with E-state index in [1.165, 1.54) is 6.92 Å². The van der Waals surface area contributed by atoms with Crippen molar-refractivity contribution in [2.75, 3.05) is 0 Å². The van der Waals surface area contributed by atoms with Crippen LogP contribution in [0.1, 0.15) is 13.8 Å². The second-order valence-electron chi connectivity index (χ2n) is 1.54. The number of amides is 1. The van der Waals surface area contributed by atoms with Crippen molar-refractivity contribution in [1.82, 2.24) is 5.32 Å². The van der Waals surface area contributed by atoms with E-state index in [1.54, 1.807) is 6.92 Å². The predicted molar refractivity (Wildman–Crippen MR) is 30.4 cm³/mol.